The Kier molecular flexibility index (Phi) is 8.49. The summed E-state index contributed by atoms with van der Waals surface area (Å²) in [6.07, 6.45) is -0.843. The van der Waals surface area contributed by atoms with Gasteiger partial charge in [-0.3, -0.25) is 0 Å². The molecule has 5 rings (SSSR count). The van der Waals surface area contributed by atoms with Gasteiger partial charge in [0.05, 0.1) is 12.1 Å². The monoisotopic (exact) mass is 522 g/mol. The minimum Gasteiger partial charge on any atom is -0.388 e. The Balaban J connectivity index is 1.57. The Bertz CT molecular complexity index is 1190. The van der Waals surface area contributed by atoms with Gasteiger partial charge in [0, 0.05) is 13.1 Å². The summed E-state index contributed by atoms with van der Waals surface area (Å²) in [4.78, 5) is 4.25. The van der Waals surface area contributed by atoms with Gasteiger partial charge in [0.1, 0.15) is 12.2 Å². The van der Waals surface area contributed by atoms with Gasteiger partial charge in [0.2, 0.25) is 0 Å². The number of hydrogen-bond acceptors (Lipinski definition) is 3. The normalized spacial score (nSPS) is 21.8. The van der Waals surface area contributed by atoms with Crippen LogP contribution in [0.25, 0.3) is 0 Å². The molecule has 1 saturated heterocycles. The van der Waals surface area contributed by atoms with Gasteiger partial charge in [0.25, 0.3) is 0 Å². The van der Waals surface area contributed by atoms with Crippen LogP contribution in [0.3, 0.4) is 0 Å². The van der Waals surface area contributed by atoms with Crippen molar-refractivity contribution in [1.82, 2.24) is 9.80 Å². The van der Waals surface area contributed by atoms with Crippen molar-refractivity contribution in [3.63, 3.8) is 0 Å². The number of nitrogens with zero attached hydrogens (tertiary/aromatic N) is 2. The molecule has 194 valence electrons. The third kappa shape index (κ3) is 6.13. The molecule has 4 atom stereocenters. The van der Waals surface area contributed by atoms with Gasteiger partial charge in [0.15, 0.2) is 5.11 Å². The van der Waals surface area contributed by atoms with Crippen LogP contribution in [0.15, 0.2) is 121 Å². The molecule has 1 heterocycles. The minimum absolute atomic E-state index is 0.390. The predicted octanol–water partition coefficient (Wildman–Crippen LogP) is 5.23. The summed E-state index contributed by atoms with van der Waals surface area (Å²) in [6, 6.07) is 39.9. The zero-order valence-electron chi connectivity index (χ0n) is 21.4. The Labute approximate surface area is 230 Å². The quantitative estimate of drug-likeness (QED) is 0.310. The van der Waals surface area contributed by atoms with Crippen LogP contribution in [0, 0.1) is 0 Å². The zero-order valence-corrected chi connectivity index (χ0v) is 22.2. The number of rotatable bonds is 8. The summed E-state index contributed by atoms with van der Waals surface area (Å²) in [5.74, 6) is 0. The molecule has 0 saturated carbocycles. The van der Waals surface area contributed by atoms with Gasteiger partial charge in [-0.2, -0.15) is 0 Å². The van der Waals surface area contributed by atoms with E-state index in [1.165, 1.54) is 0 Å². The van der Waals surface area contributed by atoms with Gasteiger partial charge in [-0.1, -0.05) is 121 Å². The third-order valence-electron chi connectivity index (χ3n) is 7.40. The van der Waals surface area contributed by atoms with Gasteiger partial charge in [-0.25, -0.2) is 0 Å². The average molecular weight is 523 g/mol. The molecule has 0 radical (unpaired) electrons. The van der Waals surface area contributed by atoms with Crippen molar-refractivity contribution in [1.29, 1.82) is 0 Å². The second-order valence-corrected chi connectivity index (χ2v) is 10.4. The lowest BCUT2D eigenvalue weighted by Crippen LogP contribution is -2.50. The molecule has 5 heteroatoms. The molecular weight excluding hydrogens is 488 g/mol. The van der Waals surface area contributed by atoms with E-state index in [0.29, 0.717) is 31.0 Å². The molecular formula is C33H34N2O2S. The second-order valence-electron chi connectivity index (χ2n) is 10.0. The smallest absolute Gasteiger partial charge is 0.172 e. The number of aliphatic hydroxyl groups excluding tert-OH is 2. The number of hydrogen-bond donors (Lipinski definition) is 2. The molecule has 0 aliphatic carbocycles. The van der Waals surface area contributed by atoms with Crippen LogP contribution in [0.1, 0.15) is 22.3 Å². The molecule has 1 fully saturated rings. The molecule has 0 aromatic heterocycles. The van der Waals surface area contributed by atoms with Crippen molar-refractivity contribution in [2.45, 2.75) is 50.2 Å². The van der Waals surface area contributed by atoms with Crippen molar-refractivity contribution in [3.8, 4) is 0 Å². The van der Waals surface area contributed by atoms with Gasteiger partial charge in [-0.15, -0.1) is 0 Å². The molecule has 4 nitrogen and oxygen atoms in total. The summed E-state index contributed by atoms with van der Waals surface area (Å²) >= 11 is 6.26. The maximum atomic E-state index is 11.8. The van der Waals surface area contributed by atoms with Crippen LogP contribution in [-0.4, -0.2) is 49.4 Å². The summed E-state index contributed by atoms with van der Waals surface area (Å²) in [6.45, 7) is 1.09. The Morgan fingerprint density at radius 3 is 1.08 bits per heavy atom. The van der Waals surface area contributed by atoms with Gasteiger partial charge in [-0.05, 0) is 47.3 Å². The maximum Gasteiger partial charge on any atom is 0.172 e. The number of thiocarbonyl (C=S) groups is 1. The van der Waals surface area contributed by atoms with E-state index < -0.39 is 12.2 Å². The Morgan fingerprint density at radius 2 is 0.763 bits per heavy atom. The molecule has 0 bridgehead atoms. The molecule has 0 spiro atoms. The van der Waals surface area contributed by atoms with Crippen molar-refractivity contribution in [2.75, 3.05) is 0 Å². The fourth-order valence-corrected chi connectivity index (χ4v) is 5.78. The summed E-state index contributed by atoms with van der Waals surface area (Å²) in [5.41, 5.74) is 4.41. The Hall–Kier alpha value is -3.51. The lowest BCUT2D eigenvalue weighted by molar-refractivity contribution is -0.0408. The first-order chi connectivity index (χ1) is 18.6. The Morgan fingerprint density at radius 1 is 0.474 bits per heavy atom. The first kappa shape index (κ1) is 26.1. The number of aliphatic hydroxyl groups is 2. The van der Waals surface area contributed by atoms with E-state index in [9.17, 15) is 10.2 Å². The highest BCUT2D eigenvalue weighted by molar-refractivity contribution is 7.80. The lowest BCUT2D eigenvalue weighted by atomic mass is 9.91. The van der Waals surface area contributed by atoms with E-state index in [2.05, 4.69) is 58.3 Å². The van der Waals surface area contributed by atoms with Crippen molar-refractivity contribution in [3.05, 3.63) is 144 Å². The largest absolute Gasteiger partial charge is 0.388 e. The number of benzene rings is 4. The molecule has 0 amide bonds. The van der Waals surface area contributed by atoms with Gasteiger partial charge >= 0.3 is 0 Å². The standard InChI is InChI=1S/C33H34N2O2S/c36-31-29(21-25-13-5-1-6-14-25)34(23-27-17-9-3-10-18-27)33(38)35(24-28-19-11-4-12-20-28)30(32(31)37)22-26-15-7-2-8-16-26/h1-20,29-32,36-37H,21-24H2. The molecule has 4 unspecified atom stereocenters. The highest BCUT2D eigenvalue weighted by Gasteiger charge is 2.44. The fourth-order valence-electron chi connectivity index (χ4n) is 5.38. The highest BCUT2D eigenvalue weighted by Crippen LogP contribution is 2.30. The van der Waals surface area contributed by atoms with Crippen molar-refractivity contribution in [2.24, 2.45) is 0 Å². The maximum absolute atomic E-state index is 11.8. The SMILES string of the molecule is OC1C(O)C(Cc2ccccc2)N(Cc2ccccc2)C(=S)N(Cc2ccccc2)C1Cc1ccccc1. The summed E-state index contributed by atoms with van der Waals surface area (Å²) in [5, 5.41) is 24.2. The fraction of sp³-hybridized carbons (Fsp3) is 0.242. The second kappa shape index (κ2) is 12.4. The zero-order chi connectivity index (χ0) is 26.3. The van der Waals surface area contributed by atoms with E-state index in [0.717, 1.165) is 22.3 Å². The molecule has 4 aromatic carbocycles. The van der Waals surface area contributed by atoms with Crippen molar-refractivity contribution >= 4 is 17.3 Å². The molecule has 1 aliphatic rings. The first-order valence-electron chi connectivity index (χ1n) is 13.2. The average Bonchev–Trinajstić information content (AvgIpc) is 3.03. The summed E-state index contributed by atoms with van der Waals surface area (Å²) in [7, 11) is 0. The predicted molar refractivity (Wildman–Crippen MR) is 156 cm³/mol. The van der Waals surface area contributed by atoms with Crippen LogP contribution in [0.5, 0.6) is 0 Å². The van der Waals surface area contributed by atoms with E-state index in [1.807, 2.05) is 72.8 Å². The van der Waals surface area contributed by atoms with E-state index >= 15 is 0 Å². The van der Waals surface area contributed by atoms with Crippen LogP contribution < -0.4 is 0 Å². The van der Waals surface area contributed by atoms with Crippen LogP contribution in [-0.2, 0) is 25.9 Å². The first-order valence-corrected chi connectivity index (χ1v) is 13.6. The topological polar surface area (TPSA) is 46.9 Å². The van der Waals surface area contributed by atoms with Crippen LogP contribution >= 0.6 is 12.2 Å². The van der Waals surface area contributed by atoms with E-state index in [1.54, 1.807) is 0 Å². The van der Waals surface area contributed by atoms with Gasteiger partial charge < -0.3 is 20.0 Å². The van der Waals surface area contributed by atoms with E-state index in [-0.39, 0.29) is 12.1 Å². The van der Waals surface area contributed by atoms with Crippen molar-refractivity contribution < 1.29 is 10.2 Å². The molecule has 4 aromatic rings. The minimum atomic E-state index is -0.994. The third-order valence-corrected chi connectivity index (χ3v) is 7.87. The molecule has 1 aliphatic heterocycles. The summed E-state index contributed by atoms with van der Waals surface area (Å²) < 4.78 is 0. The van der Waals surface area contributed by atoms with E-state index in [4.69, 9.17) is 12.2 Å². The molecule has 2 N–H and O–H groups in total. The molecule has 38 heavy (non-hydrogen) atoms. The van der Waals surface area contributed by atoms with Crippen LogP contribution in [0.4, 0.5) is 0 Å². The van der Waals surface area contributed by atoms with Crippen LogP contribution in [0.2, 0.25) is 0 Å². The lowest BCUT2D eigenvalue weighted by Gasteiger charge is -2.38. The highest BCUT2D eigenvalue weighted by atomic mass is 32.1.